The van der Waals surface area contributed by atoms with E-state index in [2.05, 4.69) is 4.99 Å². The van der Waals surface area contributed by atoms with Crippen LogP contribution in [0.3, 0.4) is 0 Å². The lowest BCUT2D eigenvalue weighted by Gasteiger charge is -2.04. The van der Waals surface area contributed by atoms with Gasteiger partial charge in [0.25, 0.3) is 0 Å². The van der Waals surface area contributed by atoms with Crippen LogP contribution in [0.15, 0.2) is 69.8 Å². The first-order valence-corrected chi connectivity index (χ1v) is 9.59. The predicted octanol–water partition coefficient (Wildman–Crippen LogP) is 5.84. The van der Waals surface area contributed by atoms with E-state index in [0.717, 1.165) is 11.1 Å². The summed E-state index contributed by atoms with van der Waals surface area (Å²) in [6.45, 7) is 3.91. The lowest BCUT2D eigenvalue weighted by atomic mass is 10.1. The molecule has 0 saturated carbocycles. The lowest BCUT2D eigenvalue weighted by Crippen LogP contribution is -2.12. The number of aliphatic imine (C=N–C) groups is 1. The molecule has 1 N–H and O–H groups in total. The number of benzene rings is 2. The first kappa shape index (κ1) is 19.3. The first-order valence-electron chi connectivity index (χ1n) is 8.40. The topological polar surface area (TPSA) is 58.9 Å². The maximum Gasteiger partial charge on any atom is 0.344 e. The van der Waals surface area contributed by atoms with Gasteiger partial charge in [-0.25, -0.2) is 9.79 Å². The quantitative estimate of drug-likeness (QED) is 0.656. The Morgan fingerprint density at radius 3 is 2.59 bits per heavy atom. The number of aliphatic hydroxyl groups is 1. The Morgan fingerprint density at radius 2 is 1.93 bits per heavy atom. The number of aryl methyl sites for hydroxylation is 1. The van der Waals surface area contributed by atoms with Crippen LogP contribution in [0, 0.1) is 6.92 Å². The van der Waals surface area contributed by atoms with E-state index in [4.69, 9.17) is 16.3 Å². The average molecular weight is 400 g/mol. The molecule has 0 amide bonds. The van der Waals surface area contributed by atoms with Crippen molar-refractivity contribution in [2.75, 3.05) is 6.61 Å². The summed E-state index contributed by atoms with van der Waals surface area (Å²) in [6, 6.07) is 14.9. The number of nitrogens with zero attached hydrogens (tertiary/aromatic N) is 1. The maximum absolute atomic E-state index is 12.4. The molecule has 0 spiro atoms. The second-order valence-corrected chi connectivity index (χ2v) is 7.27. The third-order valence-corrected chi connectivity index (χ3v) is 5.19. The maximum atomic E-state index is 12.4. The molecule has 0 aliphatic carbocycles. The summed E-state index contributed by atoms with van der Waals surface area (Å²) < 4.78 is 5.10. The van der Waals surface area contributed by atoms with Crippen molar-refractivity contribution < 1.29 is 14.6 Å². The average Bonchev–Trinajstić information content (AvgIpc) is 2.94. The third-order valence-electron chi connectivity index (χ3n) is 3.83. The van der Waals surface area contributed by atoms with Crippen molar-refractivity contribution in [3.8, 4) is 0 Å². The van der Waals surface area contributed by atoms with Crippen molar-refractivity contribution in [1.29, 1.82) is 0 Å². The molecule has 0 radical (unpaired) electrons. The molecular formula is C21H18ClNO3S. The summed E-state index contributed by atoms with van der Waals surface area (Å²) in [5.74, 6) is -0.750. The smallest absolute Gasteiger partial charge is 0.344 e. The number of esters is 1. The summed E-state index contributed by atoms with van der Waals surface area (Å²) in [5, 5.41) is 11.6. The van der Waals surface area contributed by atoms with Gasteiger partial charge in [-0.05, 0) is 43.7 Å². The second kappa shape index (κ2) is 8.46. The van der Waals surface area contributed by atoms with Gasteiger partial charge >= 0.3 is 5.97 Å². The van der Waals surface area contributed by atoms with Crippen molar-refractivity contribution in [2.45, 2.75) is 13.8 Å². The van der Waals surface area contributed by atoms with Crippen LogP contribution < -0.4 is 0 Å². The standard InChI is InChI=1S/C21H18ClNO3S/c1-3-26-21(25)18-19(24)17(12-14-6-4-5-7-16(14)22)27-20(18)23-15-10-8-13(2)9-11-15/h4-12,24H,3H2,1-2H3/b17-12-,23-20?. The number of rotatable bonds is 4. The highest BCUT2D eigenvalue weighted by atomic mass is 35.5. The Balaban J connectivity index is 2.05. The Bertz CT molecular complexity index is 962. The third kappa shape index (κ3) is 4.43. The predicted molar refractivity (Wildman–Crippen MR) is 112 cm³/mol. The molecule has 0 aromatic heterocycles. The van der Waals surface area contributed by atoms with Crippen LogP contribution in [-0.4, -0.2) is 22.7 Å². The molecule has 0 atom stereocenters. The fraction of sp³-hybridized carbons (Fsp3) is 0.143. The van der Waals surface area contributed by atoms with Gasteiger partial charge in [-0.15, -0.1) is 0 Å². The summed E-state index contributed by atoms with van der Waals surface area (Å²) >= 11 is 7.42. The van der Waals surface area contributed by atoms with E-state index in [9.17, 15) is 9.90 Å². The van der Waals surface area contributed by atoms with Gasteiger partial charge in [0.1, 0.15) is 16.4 Å². The van der Waals surface area contributed by atoms with Crippen LogP contribution in [0.4, 0.5) is 5.69 Å². The molecule has 138 valence electrons. The van der Waals surface area contributed by atoms with Crippen LogP contribution in [0.25, 0.3) is 6.08 Å². The number of thioether (sulfide) groups is 1. The van der Waals surface area contributed by atoms with Crippen molar-refractivity contribution in [3.05, 3.63) is 80.9 Å². The lowest BCUT2D eigenvalue weighted by molar-refractivity contribution is -0.138. The Hall–Kier alpha value is -2.50. The van der Waals surface area contributed by atoms with Crippen molar-refractivity contribution >= 4 is 46.1 Å². The molecule has 2 aromatic rings. The van der Waals surface area contributed by atoms with Crippen molar-refractivity contribution in [1.82, 2.24) is 0 Å². The molecule has 0 unspecified atom stereocenters. The van der Waals surface area contributed by atoms with E-state index in [1.807, 2.05) is 49.4 Å². The van der Waals surface area contributed by atoms with E-state index in [-0.39, 0.29) is 17.9 Å². The second-order valence-electron chi connectivity index (χ2n) is 5.83. The zero-order valence-electron chi connectivity index (χ0n) is 14.9. The molecule has 1 aliphatic heterocycles. The first-order chi connectivity index (χ1) is 13.0. The molecule has 0 bridgehead atoms. The van der Waals surface area contributed by atoms with Crippen LogP contribution in [0.2, 0.25) is 5.02 Å². The summed E-state index contributed by atoms with van der Waals surface area (Å²) in [4.78, 5) is 17.4. The van der Waals surface area contributed by atoms with Gasteiger partial charge in [-0.2, -0.15) is 0 Å². The largest absolute Gasteiger partial charge is 0.506 e. The van der Waals surface area contributed by atoms with Gasteiger partial charge in [0.2, 0.25) is 0 Å². The van der Waals surface area contributed by atoms with Crippen molar-refractivity contribution in [3.63, 3.8) is 0 Å². The monoisotopic (exact) mass is 399 g/mol. The number of hydrogen-bond donors (Lipinski definition) is 1. The van der Waals surface area contributed by atoms with Crippen LogP contribution in [-0.2, 0) is 9.53 Å². The highest BCUT2D eigenvalue weighted by molar-refractivity contribution is 8.18. The van der Waals surface area contributed by atoms with Crippen LogP contribution in [0.5, 0.6) is 0 Å². The minimum Gasteiger partial charge on any atom is -0.506 e. The number of carbonyl (C=O) groups is 1. The van der Waals surface area contributed by atoms with Gasteiger partial charge in [-0.3, -0.25) is 0 Å². The van der Waals surface area contributed by atoms with Crippen LogP contribution >= 0.6 is 23.4 Å². The van der Waals surface area contributed by atoms with Crippen LogP contribution in [0.1, 0.15) is 18.1 Å². The Labute approximate surface area is 167 Å². The van der Waals surface area contributed by atoms with E-state index >= 15 is 0 Å². The zero-order chi connectivity index (χ0) is 19.4. The number of aliphatic hydroxyl groups excluding tert-OH is 1. The van der Waals surface area contributed by atoms with Gasteiger partial charge in [0, 0.05) is 5.02 Å². The molecule has 6 heteroatoms. The molecule has 1 heterocycles. The fourth-order valence-electron chi connectivity index (χ4n) is 2.46. The number of halogens is 1. The minimum atomic E-state index is -0.601. The summed E-state index contributed by atoms with van der Waals surface area (Å²) in [5.41, 5.74) is 2.62. The van der Waals surface area contributed by atoms with Crippen molar-refractivity contribution in [2.24, 2.45) is 4.99 Å². The molecular weight excluding hydrogens is 382 g/mol. The zero-order valence-corrected chi connectivity index (χ0v) is 16.5. The summed E-state index contributed by atoms with van der Waals surface area (Å²) in [7, 11) is 0. The van der Waals surface area contributed by atoms with Gasteiger partial charge < -0.3 is 9.84 Å². The van der Waals surface area contributed by atoms with E-state index < -0.39 is 5.97 Å². The normalized spacial score (nSPS) is 17.0. The van der Waals surface area contributed by atoms with Gasteiger partial charge in [0.15, 0.2) is 0 Å². The Kier molecular flexibility index (Phi) is 6.04. The number of hydrogen-bond acceptors (Lipinski definition) is 5. The molecule has 0 saturated heterocycles. The highest BCUT2D eigenvalue weighted by Gasteiger charge is 2.33. The molecule has 0 fully saturated rings. The van der Waals surface area contributed by atoms with E-state index in [1.54, 1.807) is 19.1 Å². The number of carbonyl (C=O) groups excluding carboxylic acids is 1. The molecule has 1 aliphatic rings. The highest BCUT2D eigenvalue weighted by Crippen LogP contribution is 2.40. The fourth-order valence-corrected chi connectivity index (χ4v) is 3.68. The molecule has 2 aromatic carbocycles. The number of ether oxygens (including phenoxy) is 1. The SMILES string of the molecule is CCOC(=O)C1=C(O)/C(=C/c2ccccc2Cl)SC1=Nc1ccc(C)cc1. The van der Waals surface area contributed by atoms with Gasteiger partial charge in [0.05, 0.1) is 17.2 Å². The summed E-state index contributed by atoms with van der Waals surface area (Å²) in [6.07, 6.45) is 1.74. The molecule has 3 rings (SSSR count). The minimum absolute atomic E-state index is 0.0701. The van der Waals surface area contributed by atoms with E-state index in [1.165, 1.54) is 11.8 Å². The Morgan fingerprint density at radius 1 is 1.22 bits per heavy atom. The van der Waals surface area contributed by atoms with Gasteiger partial charge in [-0.1, -0.05) is 59.3 Å². The van der Waals surface area contributed by atoms with E-state index in [0.29, 0.717) is 20.7 Å². The molecule has 27 heavy (non-hydrogen) atoms. The molecule has 4 nitrogen and oxygen atoms in total.